The van der Waals surface area contributed by atoms with E-state index >= 15 is 0 Å². The SMILES string of the molecule is OC1=Cc2cc3ccc(cc4nc(cc5ccc(cc1n2)[nH]5)C=C4)[nH]3.[AlH3]. The van der Waals surface area contributed by atoms with Gasteiger partial charge in [0.1, 0.15) is 11.5 Å². The van der Waals surface area contributed by atoms with E-state index in [9.17, 15) is 5.11 Å². The summed E-state index contributed by atoms with van der Waals surface area (Å²) >= 11 is 0. The standard InChI is InChI=1S/C20H14N4O.Al.3H/c25-20-11-18-9-16-4-3-14(22-16)7-12-1-2-13(21-12)8-15-5-6-17(23-15)10-19(20)24-18;;;;/h1-11,22-23,25H;;;;. The molecule has 8 bridgehead atoms. The molecule has 2 aliphatic heterocycles. The van der Waals surface area contributed by atoms with Gasteiger partial charge in [-0.1, -0.05) is 0 Å². The molecule has 0 aliphatic carbocycles. The number of nitrogens with one attached hydrogen (secondary N) is 2. The van der Waals surface area contributed by atoms with Gasteiger partial charge in [0.15, 0.2) is 17.4 Å². The van der Waals surface area contributed by atoms with Gasteiger partial charge >= 0.3 is 0 Å². The first-order valence-corrected chi connectivity index (χ1v) is 7.99. The van der Waals surface area contributed by atoms with Crippen molar-refractivity contribution in [3.05, 3.63) is 71.3 Å². The van der Waals surface area contributed by atoms with Crippen LogP contribution in [0.1, 0.15) is 22.8 Å². The highest BCUT2D eigenvalue weighted by atomic mass is 27.0. The summed E-state index contributed by atoms with van der Waals surface area (Å²) in [6.45, 7) is 0. The number of hydrogen-bond acceptors (Lipinski definition) is 3. The van der Waals surface area contributed by atoms with Crippen LogP contribution in [-0.4, -0.2) is 42.4 Å². The van der Waals surface area contributed by atoms with Crippen LogP contribution in [-0.2, 0) is 0 Å². The molecule has 0 atom stereocenters. The van der Waals surface area contributed by atoms with Crippen molar-refractivity contribution >= 4 is 63.4 Å². The van der Waals surface area contributed by atoms with Crippen molar-refractivity contribution in [3.8, 4) is 0 Å². The fourth-order valence-electron chi connectivity index (χ4n) is 3.00. The lowest BCUT2D eigenvalue weighted by atomic mass is 10.3. The lowest BCUT2D eigenvalue weighted by molar-refractivity contribution is 0.515. The minimum absolute atomic E-state index is 0. The molecule has 0 unspecified atom stereocenters. The number of aromatic amines is 2. The minimum atomic E-state index is 0. The van der Waals surface area contributed by atoms with Crippen LogP contribution in [0.2, 0.25) is 0 Å². The third kappa shape index (κ3) is 3.08. The third-order valence-electron chi connectivity index (χ3n) is 4.14. The van der Waals surface area contributed by atoms with Gasteiger partial charge in [0, 0.05) is 28.1 Å². The number of hydrogen-bond donors (Lipinski definition) is 3. The second-order valence-electron chi connectivity index (χ2n) is 6.06. The van der Waals surface area contributed by atoms with Crippen molar-refractivity contribution in [2.24, 2.45) is 0 Å². The number of aromatic nitrogens is 4. The van der Waals surface area contributed by atoms with E-state index in [1.165, 1.54) is 0 Å². The summed E-state index contributed by atoms with van der Waals surface area (Å²) in [5, 5.41) is 10.1. The quantitative estimate of drug-likeness (QED) is 0.423. The van der Waals surface area contributed by atoms with E-state index in [2.05, 4.69) is 19.9 Å². The highest BCUT2D eigenvalue weighted by Crippen LogP contribution is 2.20. The van der Waals surface area contributed by atoms with Crippen molar-refractivity contribution in [2.45, 2.75) is 0 Å². The molecule has 5 rings (SSSR count). The molecule has 0 saturated heterocycles. The van der Waals surface area contributed by atoms with Crippen LogP contribution in [0.3, 0.4) is 0 Å². The van der Waals surface area contributed by atoms with Crippen LogP contribution in [0.25, 0.3) is 46.1 Å². The normalized spacial score (nSPS) is 12.5. The Hall–Kier alpha value is -3.07. The van der Waals surface area contributed by atoms with Crippen molar-refractivity contribution < 1.29 is 5.11 Å². The Balaban J connectivity index is 0.00000168. The average molecular weight is 356 g/mol. The van der Waals surface area contributed by atoms with E-state index in [1.54, 1.807) is 6.08 Å². The van der Waals surface area contributed by atoms with Crippen LogP contribution in [0.15, 0.2) is 48.5 Å². The molecule has 3 N–H and O–H groups in total. The number of nitrogens with zero attached hydrogens (tertiary/aromatic N) is 2. The fourth-order valence-corrected chi connectivity index (χ4v) is 3.00. The molecule has 2 aliphatic rings. The summed E-state index contributed by atoms with van der Waals surface area (Å²) in [5.74, 6) is 0.163. The van der Waals surface area contributed by atoms with Gasteiger partial charge in [-0.15, -0.1) is 0 Å². The van der Waals surface area contributed by atoms with E-state index < -0.39 is 0 Å². The summed E-state index contributed by atoms with van der Waals surface area (Å²) in [5.41, 5.74) is 6.74. The van der Waals surface area contributed by atoms with Crippen molar-refractivity contribution in [2.75, 3.05) is 0 Å². The Morgan fingerprint density at radius 2 is 1.15 bits per heavy atom. The largest absolute Gasteiger partial charge is 0.506 e. The van der Waals surface area contributed by atoms with Crippen LogP contribution in [0.4, 0.5) is 0 Å². The smallest absolute Gasteiger partial charge is 0.187 e. The van der Waals surface area contributed by atoms with Crippen molar-refractivity contribution in [1.82, 2.24) is 19.9 Å². The summed E-state index contributed by atoms with van der Waals surface area (Å²) in [4.78, 5) is 15.7. The molecule has 0 fully saturated rings. The van der Waals surface area contributed by atoms with Crippen LogP contribution >= 0.6 is 0 Å². The maximum Gasteiger partial charge on any atom is 0.187 e. The van der Waals surface area contributed by atoms with E-state index in [0.29, 0.717) is 11.4 Å². The molecule has 3 aromatic rings. The second kappa shape index (κ2) is 6.34. The maximum absolute atomic E-state index is 10.1. The molecule has 0 radical (unpaired) electrons. The molecule has 0 saturated carbocycles. The molecule has 126 valence electrons. The number of aliphatic hydroxyl groups is 1. The third-order valence-corrected chi connectivity index (χ3v) is 4.14. The van der Waals surface area contributed by atoms with Crippen LogP contribution in [0.5, 0.6) is 0 Å². The molecule has 6 heteroatoms. The number of rotatable bonds is 0. The van der Waals surface area contributed by atoms with Gasteiger partial charge in [-0.25, -0.2) is 9.97 Å². The van der Waals surface area contributed by atoms with Crippen LogP contribution < -0.4 is 0 Å². The Morgan fingerprint density at radius 1 is 0.654 bits per heavy atom. The summed E-state index contributed by atoms with van der Waals surface area (Å²) in [7, 11) is 0. The topological polar surface area (TPSA) is 77.6 Å². The lowest BCUT2D eigenvalue weighted by Gasteiger charge is -1.88. The van der Waals surface area contributed by atoms with Gasteiger partial charge in [0.05, 0.1) is 17.1 Å². The van der Waals surface area contributed by atoms with E-state index in [-0.39, 0.29) is 23.1 Å². The van der Waals surface area contributed by atoms with Gasteiger partial charge in [-0.3, -0.25) is 0 Å². The number of aliphatic hydroxyl groups excluding tert-OH is 1. The highest BCUT2D eigenvalue weighted by molar-refractivity contribution is 5.80. The number of fused-ring (bicyclic) bond motifs is 8. The monoisotopic (exact) mass is 356 g/mol. The summed E-state index contributed by atoms with van der Waals surface area (Å²) in [6, 6.07) is 15.6. The zero-order chi connectivity index (χ0) is 16.8. The fraction of sp³-hybridized carbons (Fsp3) is 0. The molecule has 5 heterocycles. The van der Waals surface area contributed by atoms with Gasteiger partial charge in [-0.05, 0) is 60.7 Å². The van der Waals surface area contributed by atoms with E-state index in [0.717, 1.165) is 33.5 Å². The Labute approximate surface area is 159 Å². The maximum atomic E-state index is 10.1. The predicted octanol–water partition coefficient (Wildman–Crippen LogP) is 3.36. The van der Waals surface area contributed by atoms with Gasteiger partial charge < -0.3 is 15.1 Å². The zero-order valence-corrected chi connectivity index (χ0v) is 13.2. The lowest BCUT2D eigenvalue weighted by Crippen LogP contribution is -1.78. The highest BCUT2D eigenvalue weighted by Gasteiger charge is 2.08. The first-order chi connectivity index (χ1) is 12.2. The summed E-state index contributed by atoms with van der Waals surface area (Å²) in [6.07, 6.45) is 5.64. The van der Waals surface area contributed by atoms with E-state index in [4.69, 9.17) is 0 Å². The molecule has 5 nitrogen and oxygen atoms in total. The Morgan fingerprint density at radius 3 is 1.73 bits per heavy atom. The second-order valence-corrected chi connectivity index (χ2v) is 6.06. The Kier molecular flexibility index (Phi) is 4.00. The van der Waals surface area contributed by atoms with Crippen molar-refractivity contribution in [1.29, 1.82) is 0 Å². The minimum Gasteiger partial charge on any atom is -0.506 e. The molecular weight excluding hydrogens is 339 g/mol. The predicted molar refractivity (Wildman–Crippen MR) is 110 cm³/mol. The first-order valence-electron chi connectivity index (χ1n) is 7.99. The van der Waals surface area contributed by atoms with Gasteiger partial charge in [0.2, 0.25) is 0 Å². The first kappa shape index (κ1) is 16.4. The van der Waals surface area contributed by atoms with Crippen molar-refractivity contribution in [3.63, 3.8) is 0 Å². The van der Waals surface area contributed by atoms with Gasteiger partial charge in [-0.2, -0.15) is 0 Å². The number of H-pyrrole nitrogens is 2. The average Bonchev–Trinajstić information content (AvgIpc) is 3.33. The molecular formula is C20H17AlN4O. The van der Waals surface area contributed by atoms with Crippen LogP contribution in [0, 0.1) is 0 Å². The molecule has 0 aromatic carbocycles. The molecule has 26 heavy (non-hydrogen) atoms. The van der Waals surface area contributed by atoms with Gasteiger partial charge in [0.25, 0.3) is 0 Å². The zero-order valence-electron chi connectivity index (χ0n) is 13.2. The molecule has 3 aromatic heterocycles. The Bertz CT molecular complexity index is 1220. The molecule has 0 spiro atoms. The molecule has 0 amide bonds. The summed E-state index contributed by atoms with van der Waals surface area (Å²) < 4.78 is 0. The van der Waals surface area contributed by atoms with E-state index in [1.807, 2.05) is 60.7 Å².